The van der Waals surface area contributed by atoms with Gasteiger partial charge in [0.15, 0.2) is 0 Å². The monoisotopic (exact) mass is 432 g/mol. The van der Waals surface area contributed by atoms with Crippen molar-refractivity contribution in [1.29, 1.82) is 0 Å². The van der Waals surface area contributed by atoms with Gasteiger partial charge in [0, 0.05) is 17.6 Å². The number of thiophene rings is 1. The van der Waals surface area contributed by atoms with Gasteiger partial charge in [-0.3, -0.25) is 4.79 Å². The SMILES string of the molecule is Cc1ccc(Cn2ccc3sc(C)c(C(=O)N[C@@H](C)c4ccccc4)c32)cc1.O=C=O. The molecule has 0 saturated carbocycles. The fraction of sp³-hybridized carbons (Fsp3) is 0.200. The number of hydrogen-bond acceptors (Lipinski definition) is 4. The smallest absolute Gasteiger partial charge is 0.345 e. The summed E-state index contributed by atoms with van der Waals surface area (Å²) in [7, 11) is 0. The highest BCUT2D eigenvalue weighted by Crippen LogP contribution is 2.32. The molecule has 0 unspecified atom stereocenters. The van der Waals surface area contributed by atoms with Gasteiger partial charge in [-0.05, 0) is 38.0 Å². The van der Waals surface area contributed by atoms with E-state index in [-0.39, 0.29) is 18.1 Å². The van der Waals surface area contributed by atoms with Crippen molar-refractivity contribution >= 4 is 33.6 Å². The summed E-state index contributed by atoms with van der Waals surface area (Å²) in [5, 5.41) is 3.17. The van der Waals surface area contributed by atoms with Crippen LogP contribution in [0.1, 0.15) is 44.9 Å². The van der Waals surface area contributed by atoms with Gasteiger partial charge < -0.3 is 9.88 Å². The number of nitrogens with one attached hydrogen (secondary N) is 1. The summed E-state index contributed by atoms with van der Waals surface area (Å²) >= 11 is 1.68. The van der Waals surface area contributed by atoms with Gasteiger partial charge in [0.1, 0.15) is 0 Å². The lowest BCUT2D eigenvalue weighted by Gasteiger charge is -2.15. The molecule has 0 radical (unpaired) electrons. The molecular weight excluding hydrogens is 408 g/mol. The molecule has 0 aliphatic rings. The van der Waals surface area contributed by atoms with Crippen molar-refractivity contribution in [2.75, 3.05) is 0 Å². The summed E-state index contributed by atoms with van der Waals surface area (Å²) in [5.74, 6) is -0.0102. The zero-order valence-electron chi connectivity index (χ0n) is 17.7. The van der Waals surface area contributed by atoms with E-state index in [1.165, 1.54) is 11.1 Å². The number of nitrogens with zero attached hydrogens (tertiary/aromatic N) is 1. The first-order valence-corrected chi connectivity index (χ1v) is 10.7. The summed E-state index contributed by atoms with van der Waals surface area (Å²) in [6, 6.07) is 20.7. The zero-order chi connectivity index (χ0) is 22.4. The number of amides is 1. The maximum atomic E-state index is 13.2. The van der Waals surface area contributed by atoms with Crippen molar-refractivity contribution in [3.8, 4) is 0 Å². The molecule has 0 saturated heterocycles. The van der Waals surface area contributed by atoms with E-state index in [0.717, 1.165) is 32.8 Å². The maximum Gasteiger partial charge on any atom is 0.373 e. The predicted molar refractivity (Wildman–Crippen MR) is 122 cm³/mol. The number of fused-ring (bicyclic) bond motifs is 1. The fourth-order valence-corrected chi connectivity index (χ4v) is 4.63. The number of aryl methyl sites for hydroxylation is 2. The Morgan fingerprint density at radius 3 is 2.32 bits per heavy atom. The van der Waals surface area contributed by atoms with Crippen LogP contribution in [0.15, 0.2) is 66.9 Å². The molecule has 0 fully saturated rings. The summed E-state index contributed by atoms with van der Waals surface area (Å²) in [5.41, 5.74) is 5.41. The minimum Gasteiger partial charge on any atom is -0.345 e. The third kappa shape index (κ3) is 5.18. The van der Waals surface area contributed by atoms with Crippen molar-refractivity contribution in [1.82, 2.24) is 9.88 Å². The van der Waals surface area contributed by atoms with Crippen molar-refractivity contribution in [2.24, 2.45) is 0 Å². The number of aromatic nitrogens is 1. The van der Waals surface area contributed by atoms with Crippen LogP contribution in [0.2, 0.25) is 0 Å². The van der Waals surface area contributed by atoms with E-state index in [0.29, 0.717) is 0 Å². The van der Waals surface area contributed by atoms with Gasteiger partial charge in [-0.2, -0.15) is 9.59 Å². The zero-order valence-corrected chi connectivity index (χ0v) is 18.5. The minimum atomic E-state index is -0.0384. The van der Waals surface area contributed by atoms with E-state index in [1.807, 2.05) is 44.2 Å². The quantitative estimate of drug-likeness (QED) is 0.467. The Bertz CT molecular complexity index is 1200. The highest BCUT2D eigenvalue weighted by atomic mass is 32.1. The molecule has 31 heavy (non-hydrogen) atoms. The average Bonchev–Trinajstić information content (AvgIpc) is 3.29. The lowest BCUT2D eigenvalue weighted by molar-refractivity contribution is -0.191. The van der Waals surface area contributed by atoms with Crippen LogP contribution in [0, 0.1) is 13.8 Å². The van der Waals surface area contributed by atoms with E-state index in [2.05, 4.69) is 53.3 Å². The van der Waals surface area contributed by atoms with E-state index < -0.39 is 0 Å². The van der Waals surface area contributed by atoms with Crippen molar-refractivity contribution in [2.45, 2.75) is 33.4 Å². The Hall–Kier alpha value is -3.47. The molecule has 4 aromatic rings. The van der Waals surface area contributed by atoms with Crippen LogP contribution >= 0.6 is 11.3 Å². The van der Waals surface area contributed by atoms with Gasteiger partial charge in [-0.15, -0.1) is 11.3 Å². The molecule has 0 aliphatic carbocycles. The number of rotatable bonds is 5. The van der Waals surface area contributed by atoms with Crippen molar-refractivity contribution < 1.29 is 14.4 Å². The fourth-order valence-electron chi connectivity index (χ4n) is 3.57. The number of carbonyl (C=O) groups is 1. The van der Waals surface area contributed by atoms with Crippen LogP contribution in [-0.2, 0) is 16.1 Å². The summed E-state index contributed by atoms with van der Waals surface area (Å²) < 4.78 is 3.34. The molecule has 6 heteroatoms. The molecule has 2 aromatic heterocycles. The Balaban J connectivity index is 0.000000858. The molecule has 1 atom stereocenters. The highest BCUT2D eigenvalue weighted by molar-refractivity contribution is 7.19. The van der Waals surface area contributed by atoms with Crippen LogP contribution in [-0.4, -0.2) is 16.6 Å². The predicted octanol–water partition coefficient (Wildman–Crippen LogP) is 5.28. The highest BCUT2D eigenvalue weighted by Gasteiger charge is 2.21. The number of benzene rings is 2. The van der Waals surface area contributed by atoms with E-state index in [9.17, 15) is 4.79 Å². The summed E-state index contributed by atoms with van der Waals surface area (Å²) in [6.45, 7) is 6.91. The van der Waals surface area contributed by atoms with Crippen molar-refractivity contribution in [3.05, 3.63) is 94.0 Å². The van der Waals surface area contributed by atoms with E-state index in [1.54, 1.807) is 11.3 Å². The first kappa shape index (κ1) is 22.2. The van der Waals surface area contributed by atoms with Crippen LogP contribution in [0.3, 0.4) is 0 Å². The van der Waals surface area contributed by atoms with Crippen LogP contribution < -0.4 is 5.32 Å². The first-order valence-electron chi connectivity index (χ1n) is 9.93. The summed E-state index contributed by atoms with van der Waals surface area (Å²) in [4.78, 5) is 30.5. The topological polar surface area (TPSA) is 68.2 Å². The molecule has 2 heterocycles. The largest absolute Gasteiger partial charge is 0.373 e. The second-order valence-corrected chi connectivity index (χ2v) is 8.62. The van der Waals surface area contributed by atoms with E-state index >= 15 is 0 Å². The lowest BCUT2D eigenvalue weighted by atomic mass is 10.1. The average molecular weight is 433 g/mol. The normalized spacial score (nSPS) is 11.3. The van der Waals surface area contributed by atoms with Gasteiger partial charge in [0.05, 0.1) is 21.8 Å². The summed E-state index contributed by atoms with van der Waals surface area (Å²) in [6.07, 6.45) is 2.33. The van der Waals surface area contributed by atoms with Crippen LogP contribution in [0.4, 0.5) is 0 Å². The molecule has 1 N–H and O–H groups in total. The molecule has 2 aromatic carbocycles. The second-order valence-electron chi connectivity index (χ2n) is 7.36. The third-order valence-electron chi connectivity index (χ3n) is 5.13. The Morgan fingerprint density at radius 2 is 1.68 bits per heavy atom. The number of hydrogen-bond donors (Lipinski definition) is 1. The van der Waals surface area contributed by atoms with E-state index in [4.69, 9.17) is 9.59 Å². The molecule has 4 rings (SSSR count). The van der Waals surface area contributed by atoms with Gasteiger partial charge in [0.2, 0.25) is 0 Å². The van der Waals surface area contributed by atoms with Gasteiger partial charge in [-0.1, -0.05) is 60.2 Å². The van der Waals surface area contributed by atoms with Gasteiger partial charge >= 0.3 is 6.15 Å². The molecule has 0 spiro atoms. The van der Waals surface area contributed by atoms with Crippen LogP contribution in [0.5, 0.6) is 0 Å². The minimum absolute atomic E-state index is 0.0102. The molecule has 0 aliphatic heterocycles. The Kier molecular flexibility index (Phi) is 7.19. The molecule has 1 amide bonds. The molecular formula is C25H24N2O3S. The standard InChI is InChI=1S/C24H24N2OS.CO2/c1-16-9-11-19(12-10-16)15-26-14-13-21-23(26)22(18(3)28-21)24(27)25-17(2)20-7-5-4-6-8-20;2-1-3/h4-14,17H,15H2,1-3H3,(H,25,27);/t17-;/m0./s1. The Labute approximate surface area is 185 Å². The Morgan fingerprint density at radius 1 is 1.03 bits per heavy atom. The molecule has 5 nitrogen and oxygen atoms in total. The van der Waals surface area contributed by atoms with Gasteiger partial charge in [0.25, 0.3) is 5.91 Å². The third-order valence-corrected chi connectivity index (χ3v) is 6.19. The van der Waals surface area contributed by atoms with Crippen molar-refractivity contribution in [3.63, 3.8) is 0 Å². The lowest BCUT2D eigenvalue weighted by Crippen LogP contribution is -2.27. The van der Waals surface area contributed by atoms with Gasteiger partial charge in [-0.25, -0.2) is 0 Å². The maximum absolute atomic E-state index is 13.2. The van der Waals surface area contributed by atoms with Crippen LogP contribution in [0.25, 0.3) is 10.2 Å². The number of carbonyl (C=O) groups excluding carboxylic acids is 3. The molecule has 158 valence electrons. The second kappa shape index (κ2) is 10.0. The first-order chi connectivity index (χ1) is 14.9. The molecule has 0 bridgehead atoms.